The van der Waals surface area contributed by atoms with Crippen LogP contribution < -0.4 is 5.73 Å². The van der Waals surface area contributed by atoms with Crippen LogP contribution in [-0.4, -0.2) is 28.1 Å². The van der Waals surface area contributed by atoms with Crippen molar-refractivity contribution in [2.75, 3.05) is 0 Å². The second kappa shape index (κ2) is 4.35. The average molecular weight is 182 g/mol. The van der Waals surface area contributed by atoms with Gasteiger partial charge >= 0.3 is 14.2 Å². The van der Waals surface area contributed by atoms with Crippen molar-refractivity contribution in [1.82, 2.24) is 0 Å². The second-order valence-corrected chi connectivity index (χ2v) is 2.60. The highest BCUT2D eigenvalue weighted by Crippen LogP contribution is 2.18. The summed E-state index contributed by atoms with van der Waals surface area (Å²) in [7, 11) is -2.79. The Labute approximate surface area is 63.9 Å². The molecule has 6 nitrogen and oxygen atoms in total. The van der Waals surface area contributed by atoms with Gasteiger partial charge in [-0.1, -0.05) is 0 Å². The first kappa shape index (κ1) is 10.4. The van der Waals surface area contributed by atoms with E-state index in [4.69, 9.17) is 15.7 Å². The van der Waals surface area contributed by atoms with E-state index in [1.165, 1.54) is 6.92 Å². The predicted octanol–water partition coefficient (Wildman–Crippen LogP) is -0.547. The Morgan fingerprint density at radius 3 is 2.45 bits per heavy atom. The largest absolute Gasteiger partial charge is 0.695 e. The zero-order valence-corrected chi connectivity index (χ0v) is 6.69. The highest BCUT2D eigenvalue weighted by molar-refractivity contribution is 7.32. The number of aliphatic carboxylic acids is 1. The van der Waals surface area contributed by atoms with E-state index in [0.717, 1.165) is 0 Å². The molecule has 0 aliphatic rings. The Hall–Kier alpha value is -0.550. The zero-order chi connectivity index (χ0) is 9.02. The van der Waals surface area contributed by atoms with E-state index in [9.17, 15) is 9.36 Å². The Balaban J connectivity index is 3.92. The highest BCUT2D eigenvalue weighted by atomic mass is 31.1. The molecule has 0 amide bonds. The molecule has 4 N–H and O–H groups in total. The van der Waals surface area contributed by atoms with Gasteiger partial charge in [0.05, 0.1) is 0 Å². The number of carboxylic acid groups (broad SMARTS) is 1. The number of hydrogen-bond donors (Lipinski definition) is 3. The molecule has 0 radical (unpaired) electrons. The fourth-order valence-corrected chi connectivity index (χ4v) is 0.824. The van der Waals surface area contributed by atoms with Gasteiger partial charge in [-0.3, -0.25) is 4.79 Å². The van der Waals surface area contributed by atoms with Crippen molar-refractivity contribution >= 4 is 14.2 Å². The molecule has 0 aliphatic carbocycles. The zero-order valence-electron chi connectivity index (χ0n) is 5.80. The molecular weight excluding hydrogens is 173 g/mol. The van der Waals surface area contributed by atoms with Crippen molar-refractivity contribution in [3.8, 4) is 0 Å². The monoisotopic (exact) mass is 182 g/mol. The molecule has 0 aromatic rings. The first-order valence-corrected chi connectivity index (χ1v) is 3.89. The summed E-state index contributed by atoms with van der Waals surface area (Å²) in [6.45, 7) is 1.31. The minimum atomic E-state index is -2.79. The highest BCUT2D eigenvalue weighted by Gasteiger charge is 2.28. The maximum absolute atomic E-state index is 10.1. The van der Waals surface area contributed by atoms with Crippen molar-refractivity contribution in [2.24, 2.45) is 5.73 Å². The van der Waals surface area contributed by atoms with E-state index < -0.39 is 26.4 Å². The minimum Gasteiger partial charge on any atom is -0.480 e. The Kier molecular flexibility index (Phi) is 4.14. The van der Waals surface area contributed by atoms with Crippen LogP contribution in [0.4, 0.5) is 0 Å². The summed E-state index contributed by atoms with van der Waals surface area (Å²) in [4.78, 5) is 18.3. The normalized spacial score (nSPS) is 17.2. The molecule has 0 saturated heterocycles. The Morgan fingerprint density at radius 1 is 1.73 bits per heavy atom. The third-order valence-corrected chi connectivity index (χ3v) is 1.56. The summed E-state index contributed by atoms with van der Waals surface area (Å²) in [5, 5.41) is 8.28. The van der Waals surface area contributed by atoms with Gasteiger partial charge in [0.2, 0.25) is 0 Å². The van der Waals surface area contributed by atoms with E-state index in [1.54, 1.807) is 0 Å². The molecule has 0 aromatic heterocycles. The molecule has 0 fully saturated rings. The van der Waals surface area contributed by atoms with Gasteiger partial charge in [-0.05, 0) is 6.92 Å². The van der Waals surface area contributed by atoms with Crippen LogP contribution in [-0.2, 0) is 13.9 Å². The Bertz CT molecular complexity index is 172. The Morgan fingerprint density at radius 2 is 2.18 bits per heavy atom. The lowest BCUT2D eigenvalue weighted by Crippen LogP contribution is -2.40. The van der Waals surface area contributed by atoms with Gasteiger partial charge in [0.15, 0.2) is 0 Å². The van der Waals surface area contributed by atoms with Crippen molar-refractivity contribution in [3.63, 3.8) is 0 Å². The lowest BCUT2D eigenvalue weighted by molar-refractivity contribution is -0.140. The van der Waals surface area contributed by atoms with Gasteiger partial charge in [-0.25, -0.2) is 0 Å². The lowest BCUT2D eigenvalue weighted by atomic mass is 10.2. The summed E-state index contributed by atoms with van der Waals surface area (Å²) in [5.74, 6) is -1.27. The summed E-state index contributed by atoms with van der Waals surface area (Å²) >= 11 is 0. The number of nitrogens with two attached hydrogens (primary N) is 1. The lowest BCUT2D eigenvalue weighted by Gasteiger charge is -2.07. The van der Waals surface area contributed by atoms with Crippen LogP contribution in [0.25, 0.3) is 0 Å². The summed E-state index contributed by atoms with van der Waals surface area (Å²) in [6, 6.07) is -1.28. The van der Waals surface area contributed by atoms with Crippen molar-refractivity contribution in [1.29, 1.82) is 0 Å². The van der Waals surface area contributed by atoms with Gasteiger partial charge in [-0.15, -0.1) is 9.42 Å². The predicted molar refractivity (Wildman–Crippen MR) is 36.0 cm³/mol. The van der Waals surface area contributed by atoms with Gasteiger partial charge in [0.25, 0.3) is 0 Å². The van der Waals surface area contributed by atoms with Crippen LogP contribution in [0.2, 0.25) is 0 Å². The maximum Gasteiger partial charge on any atom is 0.695 e. The van der Waals surface area contributed by atoms with E-state index in [2.05, 4.69) is 4.52 Å². The molecule has 0 bridgehead atoms. The third kappa shape index (κ3) is 4.00. The minimum absolute atomic E-state index is 0.971. The van der Waals surface area contributed by atoms with Crippen LogP contribution in [0.1, 0.15) is 6.92 Å². The van der Waals surface area contributed by atoms with Crippen LogP contribution in [0, 0.1) is 0 Å². The smallest absolute Gasteiger partial charge is 0.480 e. The maximum atomic E-state index is 10.1. The summed E-state index contributed by atoms with van der Waals surface area (Å²) in [6.07, 6.45) is -0.971. The average Bonchev–Trinajstić information content (AvgIpc) is 1.84. The number of carbonyl (C=O) groups is 1. The summed E-state index contributed by atoms with van der Waals surface area (Å²) in [5.41, 5.74) is 5.04. The first-order chi connectivity index (χ1) is 4.95. The molecule has 7 heteroatoms. The van der Waals surface area contributed by atoms with Crippen LogP contribution >= 0.6 is 8.25 Å². The quantitative estimate of drug-likeness (QED) is 0.503. The third-order valence-electron chi connectivity index (χ3n) is 1.05. The van der Waals surface area contributed by atoms with E-state index >= 15 is 0 Å². The number of carboxylic acids is 1. The van der Waals surface area contributed by atoms with E-state index in [-0.39, 0.29) is 0 Å². The molecule has 0 aliphatic heterocycles. The van der Waals surface area contributed by atoms with Crippen molar-refractivity contribution < 1.29 is 23.9 Å². The number of hydrogen-bond acceptors (Lipinski definition) is 4. The standard InChI is InChI=1S/C4H8NO5P/c1-2(10-11(8)9)3(5)4(6)7/h2-3H,5H2,1H3,(H-,6,7,8,9)/p+1/t2-,3+/m1/s1. The molecule has 11 heavy (non-hydrogen) atoms. The molecule has 0 spiro atoms. The van der Waals surface area contributed by atoms with Crippen molar-refractivity contribution in [2.45, 2.75) is 19.1 Å². The van der Waals surface area contributed by atoms with Gasteiger partial charge in [-0.2, -0.15) is 0 Å². The van der Waals surface area contributed by atoms with E-state index in [0.29, 0.717) is 0 Å². The molecule has 1 unspecified atom stereocenters. The fraction of sp³-hybridized carbons (Fsp3) is 0.750. The van der Waals surface area contributed by atoms with Gasteiger partial charge in [0.1, 0.15) is 12.1 Å². The fourth-order valence-electron chi connectivity index (χ4n) is 0.409. The first-order valence-electron chi connectivity index (χ1n) is 2.76. The van der Waals surface area contributed by atoms with Crippen LogP contribution in [0.15, 0.2) is 0 Å². The number of rotatable bonds is 4. The van der Waals surface area contributed by atoms with Gasteiger partial charge in [0, 0.05) is 4.57 Å². The molecule has 0 heterocycles. The molecule has 0 saturated carbocycles. The van der Waals surface area contributed by atoms with Crippen LogP contribution in [0.3, 0.4) is 0 Å². The molecule has 0 rings (SSSR count). The topological polar surface area (TPSA) is 110 Å². The van der Waals surface area contributed by atoms with Crippen molar-refractivity contribution in [3.05, 3.63) is 0 Å². The summed E-state index contributed by atoms with van der Waals surface area (Å²) < 4.78 is 14.2. The van der Waals surface area contributed by atoms with Gasteiger partial charge < -0.3 is 10.8 Å². The SMILES string of the molecule is C[C@@H](O[P+](=O)O)[C@H](N)C(=O)O. The molecular formula is C4H9NO5P+. The second-order valence-electron chi connectivity index (χ2n) is 1.91. The molecule has 64 valence electrons. The molecule has 3 atom stereocenters. The van der Waals surface area contributed by atoms with E-state index in [1.807, 2.05) is 0 Å². The van der Waals surface area contributed by atoms with Crippen LogP contribution in [0.5, 0.6) is 0 Å². The molecule has 0 aromatic carbocycles.